The van der Waals surface area contributed by atoms with Gasteiger partial charge >= 0.3 is 5.97 Å². The van der Waals surface area contributed by atoms with Gasteiger partial charge in [0, 0.05) is 28.7 Å². The number of carbonyl (C=O) groups excluding carboxylic acids is 1. The minimum absolute atomic E-state index is 0.114. The van der Waals surface area contributed by atoms with E-state index in [1.165, 1.54) is 18.2 Å². The maximum absolute atomic E-state index is 13.1. The number of non-ortho nitro benzene ring substituents is 1. The number of hydrogen-bond donors (Lipinski definition) is 0. The third-order valence-electron chi connectivity index (χ3n) is 5.82. The lowest BCUT2D eigenvalue weighted by atomic mass is 9.75. The third kappa shape index (κ3) is 5.72. The Bertz CT molecular complexity index is 1260. The highest BCUT2D eigenvalue weighted by molar-refractivity contribution is 5.98. The van der Waals surface area contributed by atoms with E-state index in [9.17, 15) is 20.2 Å². The molecule has 0 fully saturated rings. The first-order valence-electron chi connectivity index (χ1n) is 11.1. The first kappa shape index (κ1) is 25.1. The zero-order valence-corrected chi connectivity index (χ0v) is 19.4. The molecule has 3 rings (SSSR count). The molecule has 1 aliphatic heterocycles. The molecule has 10 heteroatoms. The molecule has 3 unspecified atom stereocenters. The van der Waals surface area contributed by atoms with Crippen molar-refractivity contribution >= 4 is 17.4 Å². The molecule has 3 atom stereocenters. The summed E-state index contributed by atoms with van der Waals surface area (Å²) in [6, 6.07) is 16.9. The summed E-state index contributed by atoms with van der Waals surface area (Å²) < 4.78 is 5.32. The highest BCUT2D eigenvalue weighted by Crippen LogP contribution is 2.42. The van der Waals surface area contributed by atoms with Crippen LogP contribution in [-0.2, 0) is 9.53 Å². The highest BCUT2D eigenvalue weighted by atomic mass is 16.6. The molecule has 1 heterocycles. The summed E-state index contributed by atoms with van der Waals surface area (Å²) in [5.41, 5.74) is 11.3. The average Bonchev–Trinajstić information content (AvgIpc) is 2.86. The van der Waals surface area contributed by atoms with Crippen LogP contribution in [-0.4, -0.2) is 23.2 Å². The standard InChI is InChI=1S/C25H24N6O4/c1-3-35-25(32)24-22(13-12-21(29-30-27)17-8-5-4-6-9-17)28-16(2)20(15-26)23(24)18-10-7-11-19(14-18)31(33)34/h4-11,14,20-21,23H,3,12-13H2,1-2H3. The van der Waals surface area contributed by atoms with Gasteiger partial charge in [-0.05, 0) is 43.3 Å². The number of nitrogens with zero attached hydrogens (tertiary/aromatic N) is 6. The number of carbonyl (C=O) groups is 1. The molecular weight excluding hydrogens is 448 g/mol. The van der Waals surface area contributed by atoms with Gasteiger partial charge < -0.3 is 4.74 Å². The van der Waals surface area contributed by atoms with Crippen molar-refractivity contribution in [1.82, 2.24) is 0 Å². The van der Waals surface area contributed by atoms with Gasteiger partial charge in [0.2, 0.25) is 0 Å². The van der Waals surface area contributed by atoms with E-state index < -0.39 is 28.8 Å². The molecule has 0 amide bonds. The van der Waals surface area contributed by atoms with Gasteiger partial charge in [0.15, 0.2) is 0 Å². The van der Waals surface area contributed by atoms with E-state index >= 15 is 0 Å². The van der Waals surface area contributed by atoms with Gasteiger partial charge in [-0.3, -0.25) is 15.1 Å². The van der Waals surface area contributed by atoms with E-state index in [2.05, 4.69) is 21.1 Å². The molecular formula is C25H24N6O4. The second-order valence-corrected chi connectivity index (χ2v) is 7.94. The first-order chi connectivity index (χ1) is 16.9. The number of ether oxygens (including phenoxy) is 1. The van der Waals surface area contributed by atoms with Crippen molar-refractivity contribution in [3.05, 3.63) is 97.6 Å². The van der Waals surface area contributed by atoms with Crippen LogP contribution in [0.2, 0.25) is 0 Å². The lowest BCUT2D eigenvalue weighted by Gasteiger charge is -2.30. The van der Waals surface area contributed by atoms with Gasteiger partial charge in [-0.1, -0.05) is 47.6 Å². The maximum atomic E-state index is 13.1. The van der Waals surface area contributed by atoms with Crippen molar-refractivity contribution in [3.8, 4) is 6.07 Å². The van der Waals surface area contributed by atoms with Gasteiger partial charge in [-0.2, -0.15) is 5.26 Å². The summed E-state index contributed by atoms with van der Waals surface area (Å²) in [6.45, 7) is 3.48. The molecule has 2 aromatic rings. The SMILES string of the molecule is CCOC(=O)C1=C(CCC(N=[N+]=[N-])c2ccccc2)N=C(C)C(C#N)C1c1cccc([N+](=O)[O-])c1. The molecule has 2 aromatic carbocycles. The quantitative estimate of drug-likeness (QED) is 0.110. The van der Waals surface area contributed by atoms with Gasteiger partial charge in [-0.25, -0.2) is 4.79 Å². The van der Waals surface area contributed by atoms with Gasteiger partial charge in [0.05, 0.1) is 40.8 Å². The van der Waals surface area contributed by atoms with Crippen LogP contribution in [0.4, 0.5) is 5.69 Å². The summed E-state index contributed by atoms with van der Waals surface area (Å²) in [7, 11) is 0. The Balaban J connectivity index is 2.11. The Morgan fingerprint density at radius 2 is 2.06 bits per heavy atom. The number of allylic oxidation sites excluding steroid dienone is 1. The molecule has 178 valence electrons. The van der Waals surface area contributed by atoms with Gasteiger partial charge in [0.25, 0.3) is 5.69 Å². The van der Waals surface area contributed by atoms with E-state index in [-0.39, 0.29) is 24.3 Å². The average molecular weight is 473 g/mol. The van der Waals surface area contributed by atoms with Crippen LogP contribution in [0.3, 0.4) is 0 Å². The van der Waals surface area contributed by atoms with Crippen LogP contribution >= 0.6 is 0 Å². The summed E-state index contributed by atoms with van der Waals surface area (Å²) in [6.07, 6.45) is 0.635. The van der Waals surface area contributed by atoms with E-state index in [0.717, 1.165) is 5.56 Å². The molecule has 0 radical (unpaired) electrons. The van der Waals surface area contributed by atoms with E-state index in [0.29, 0.717) is 23.4 Å². The summed E-state index contributed by atoms with van der Waals surface area (Å²) in [5, 5.41) is 25.2. The minimum Gasteiger partial charge on any atom is -0.463 e. The van der Waals surface area contributed by atoms with Crippen molar-refractivity contribution in [2.45, 2.75) is 38.6 Å². The predicted octanol–water partition coefficient (Wildman–Crippen LogP) is 5.94. The van der Waals surface area contributed by atoms with Crippen molar-refractivity contribution < 1.29 is 14.5 Å². The molecule has 0 spiro atoms. The summed E-state index contributed by atoms with van der Waals surface area (Å²) >= 11 is 0. The zero-order chi connectivity index (χ0) is 25.4. The van der Waals surface area contributed by atoms with E-state index in [1.807, 2.05) is 30.3 Å². The predicted molar refractivity (Wildman–Crippen MR) is 129 cm³/mol. The fraction of sp³-hybridized carbons (Fsp3) is 0.320. The van der Waals surface area contributed by atoms with Crippen LogP contribution in [0.25, 0.3) is 10.4 Å². The number of nitro benzene ring substituents is 1. The Labute approximate surface area is 202 Å². The molecule has 10 nitrogen and oxygen atoms in total. The lowest BCUT2D eigenvalue weighted by Crippen LogP contribution is -2.30. The fourth-order valence-electron chi connectivity index (χ4n) is 4.24. The maximum Gasteiger partial charge on any atom is 0.336 e. The Morgan fingerprint density at radius 3 is 2.69 bits per heavy atom. The molecule has 0 saturated carbocycles. The zero-order valence-electron chi connectivity index (χ0n) is 19.4. The second kappa shape index (κ2) is 11.6. The normalized spacial score (nSPS) is 18.0. The molecule has 0 saturated heterocycles. The third-order valence-corrected chi connectivity index (χ3v) is 5.82. The van der Waals surface area contributed by atoms with Crippen LogP contribution in [0.15, 0.2) is 76.0 Å². The van der Waals surface area contributed by atoms with E-state index in [1.54, 1.807) is 19.9 Å². The highest BCUT2D eigenvalue weighted by Gasteiger charge is 2.39. The smallest absolute Gasteiger partial charge is 0.336 e. The van der Waals surface area contributed by atoms with Crippen molar-refractivity contribution in [2.75, 3.05) is 6.61 Å². The van der Waals surface area contributed by atoms with Gasteiger partial charge in [-0.15, -0.1) is 0 Å². The number of nitro groups is 1. The summed E-state index contributed by atoms with van der Waals surface area (Å²) in [4.78, 5) is 31.6. The van der Waals surface area contributed by atoms with Crippen LogP contribution in [0, 0.1) is 27.4 Å². The number of benzene rings is 2. The molecule has 0 aromatic heterocycles. The molecule has 35 heavy (non-hydrogen) atoms. The monoisotopic (exact) mass is 472 g/mol. The second-order valence-electron chi connectivity index (χ2n) is 7.94. The van der Waals surface area contributed by atoms with Crippen molar-refractivity contribution in [2.24, 2.45) is 16.0 Å². The number of rotatable bonds is 9. The Hall–Kier alpha value is -4.48. The number of hydrogen-bond acceptors (Lipinski definition) is 7. The fourth-order valence-corrected chi connectivity index (χ4v) is 4.24. The lowest BCUT2D eigenvalue weighted by molar-refractivity contribution is -0.384. The molecule has 0 N–H and O–H groups in total. The largest absolute Gasteiger partial charge is 0.463 e. The number of esters is 1. The van der Waals surface area contributed by atoms with Crippen LogP contribution < -0.4 is 0 Å². The van der Waals surface area contributed by atoms with Crippen molar-refractivity contribution in [3.63, 3.8) is 0 Å². The van der Waals surface area contributed by atoms with Gasteiger partial charge in [0.1, 0.15) is 0 Å². The topological polar surface area (TPSA) is 154 Å². The summed E-state index contributed by atoms with van der Waals surface area (Å²) in [5.74, 6) is -2.22. The minimum atomic E-state index is -0.804. The first-order valence-corrected chi connectivity index (χ1v) is 11.1. The van der Waals surface area contributed by atoms with Crippen LogP contribution in [0.5, 0.6) is 0 Å². The Kier molecular flexibility index (Phi) is 8.33. The number of nitriles is 1. The van der Waals surface area contributed by atoms with E-state index in [4.69, 9.17) is 10.3 Å². The molecule has 0 bridgehead atoms. The van der Waals surface area contributed by atoms with Crippen molar-refractivity contribution in [1.29, 1.82) is 5.26 Å². The van der Waals surface area contributed by atoms with Crippen LogP contribution in [0.1, 0.15) is 49.8 Å². The number of azide groups is 1. The molecule has 0 aliphatic carbocycles. The number of aliphatic imine (C=N–C) groups is 1. The molecule has 1 aliphatic rings. The Morgan fingerprint density at radius 1 is 1.31 bits per heavy atom.